The molecule has 0 fully saturated rings. The Bertz CT molecular complexity index is 93.2. The van der Waals surface area contributed by atoms with Gasteiger partial charge < -0.3 is 11.5 Å². The molecule has 0 atom stereocenters. The second kappa shape index (κ2) is 7.03. The largest absolute Gasteiger partial charge is 0.351 e. The molecule has 0 aromatic carbocycles. The van der Waals surface area contributed by atoms with Crippen molar-refractivity contribution in [2.75, 3.05) is 0 Å². The van der Waals surface area contributed by atoms with E-state index in [2.05, 4.69) is 11.5 Å². The quantitative estimate of drug-likeness (QED) is 0.451. The van der Waals surface area contributed by atoms with E-state index in [0.717, 1.165) is 0 Å². The molecule has 5 N–H and O–H groups in total. The summed E-state index contributed by atoms with van der Waals surface area (Å²) < 4.78 is 0. The molecule has 0 unspecified atom stereocenters. The number of rotatable bonds is 0. The van der Waals surface area contributed by atoms with Gasteiger partial charge in [-0.1, -0.05) is 7.43 Å². The van der Waals surface area contributed by atoms with Crippen molar-refractivity contribution in [2.45, 2.75) is 7.43 Å². The zero-order valence-electron chi connectivity index (χ0n) is 3.88. The van der Waals surface area contributed by atoms with Gasteiger partial charge in [0.25, 0.3) is 0 Å². The molecule has 0 spiro atoms. The Balaban J connectivity index is -0.000000180. The van der Waals surface area contributed by atoms with Crippen LogP contribution in [0.15, 0.2) is 0 Å². The number of hydrogen-bond donors (Lipinski definition) is 3. The van der Waals surface area contributed by atoms with E-state index in [4.69, 9.17) is 0 Å². The van der Waals surface area contributed by atoms with E-state index in [1.54, 1.807) is 5.32 Å². The number of halogens is 1. The molecule has 0 saturated heterocycles. The van der Waals surface area contributed by atoms with Gasteiger partial charge in [-0.15, -0.1) is 12.4 Å². The first-order valence-electron chi connectivity index (χ1n) is 1.49. The second-order valence-corrected chi connectivity index (χ2v) is 0.854. The van der Waals surface area contributed by atoms with Crippen molar-refractivity contribution in [3.63, 3.8) is 0 Å². The van der Waals surface area contributed by atoms with Crippen LogP contribution in [0.4, 0.5) is 9.59 Å². The van der Waals surface area contributed by atoms with E-state index in [9.17, 15) is 9.59 Å². The Hall–Kier alpha value is -0.970. The lowest BCUT2D eigenvalue weighted by molar-refractivity contribution is 0.236. The highest BCUT2D eigenvalue weighted by atomic mass is 35.5. The highest BCUT2D eigenvalue weighted by Gasteiger charge is 1.92. The summed E-state index contributed by atoms with van der Waals surface area (Å²) in [6.45, 7) is 0. The summed E-state index contributed by atoms with van der Waals surface area (Å²) in [4.78, 5) is 19.2. The van der Waals surface area contributed by atoms with Crippen LogP contribution in [0.2, 0.25) is 0 Å². The van der Waals surface area contributed by atoms with Gasteiger partial charge in [0.1, 0.15) is 0 Å². The molecule has 0 radical (unpaired) electrons. The Morgan fingerprint density at radius 1 is 1.11 bits per heavy atom. The molecule has 0 heterocycles. The summed E-state index contributed by atoms with van der Waals surface area (Å²) in [6.07, 6.45) is 0. The molecule has 0 aromatic heterocycles. The van der Waals surface area contributed by atoms with Crippen molar-refractivity contribution in [1.29, 1.82) is 0 Å². The van der Waals surface area contributed by atoms with Crippen LogP contribution in [0.1, 0.15) is 7.43 Å². The molecule has 0 aliphatic heterocycles. The summed E-state index contributed by atoms with van der Waals surface area (Å²) in [7, 11) is 0. The van der Waals surface area contributed by atoms with Gasteiger partial charge in [0.15, 0.2) is 0 Å². The van der Waals surface area contributed by atoms with Gasteiger partial charge in [0.05, 0.1) is 0 Å². The van der Waals surface area contributed by atoms with E-state index in [0.29, 0.717) is 0 Å². The Kier molecular flexibility index (Phi) is 12.3. The van der Waals surface area contributed by atoms with Crippen molar-refractivity contribution in [1.82, 2.24) is 5.32 Å². The molecule has 0 bridgehead atoms. The number of carbonyl (C=O) groups excluding carboxylic acids is 2. The molecule has 0 aromatic rings. The van der Waals surface area contributed by atoms with Gasteiger partial charge in [0.2, 0.25) is 0 Å². The van der Waals surface area contributed by atoms with Crippen LogP contribution < -0.4 is 16.8 Å². The van der Waals surface area contributed by atoms with Crippen LogP contribution in [0.3, 0.4) is 0 Å². The lowest BCUT2D eigenvalue weighted by atomic mass is 10.9. The van der Waals surface area contributed by atoms with E-state index in [1.165, 1.54) is 0 Å². The minimum absolute atomic E-state index is 0. The van der Waals surface area contributed by atoms with E-state index in [1.807, 2.05) is 0 Å². The molecule has 4 amide bonds. The van der Waals surface area contributed by atoms with E-state index >= 15 is 0 Å². The van der Waals surface area contributed by atoms with Gasteiger partial charge in [0, 0.05) is 0 Å². The molecular weight excluding hydrogens is 146 g/mol. The zero-order valence-corrected chi connectivity index (χ0v) is 4.70. The maximum Gasteiger partial charge on any atom is 0.320 e. The van der Waals surface area contributed by atoms with Crippen LogP contribution >= 0.6 is 12.4 Å². The molecule has 0 saturated carbocycles. The van der Waals surface area contributed by atoms with Crippen LogP contribution in [-0.4, -0.2) is 12.1 Å². The van der Waals surface area contributed by atoms with Gasteiger partial charge in [-0.05, 0) is 0 Å². The number of urea groups is 2. The first-order chi connectivity index (χ1) is 3.13. The first-order valence-corrected chi connectivity index (χ1v) is 1.49. The lowest BCUT2D eigenvalue weighted by Gasteiger charge is -1.88. The lowest BCUT2D eigenvalue weighted by Crippen LogP contribution is -2.38. The number of amides is 4. The SMILES string of the molecule is C.Cl.NC(=O)NC(N)=O. The summed E-state index contributed by atoms with van der Waals surface area (Å²) in [5.41, 5.74) is 8.88. The van der Waals surface area contributed by atoms with Gasteiger partial charge in [-0.2, -0.15) is 0 Å². The second-order valence-electron chi connectivity index (χ2n) is 0.854. The fourth-order valence-corrected chi connectivity index (χ4v) is 0.121. The fraction of sp³-hybridized carbons (Fsp3) is 0.333. The Morgan fingerprint density at radius 2 is 1.33 bits per heavy atom. The monoisotopic (exact) mass is 155 g/mol. The molecule has 0 rings (SSSR count). The van der Waals surface area contributed by atoms with Gasteiger partial charge >= 0.3 is 12.1 Å². The van der Waals surface area contributed by atoms with E-state index < -0.39 is 12.1 Å². The van der Waals surface area contributed by atoms with Crippen molar-refractivity contribution >= 4 is 24.5 Å². The van der Waals surface area contributed by atoms with Gasteiger partial charge in [-0.25, -0.2) is 9.59 Å². The third-order valence-corrected chi connectivity index (χ3v) is 0.246. The Labute approximate surface area is 59.2 Å². The standard InChI is InChI=1S/C2H5N3O2.CH4.ClH/c3-1(6)5-2(4)7;;/h(H5,3,4,5,6,7);1H4;1H. The zero-order chi connectivity index (χ0) is 5.86. The molecule has 9 heavy (non-hydrogen) atoms. The highest BCUT2D eigenvalue weighted by Crippen LogP contribution is 1.51. The normalized spacial score (nSPS) is 5.78. The number of nitrogens with two attached hydrogens (primary N) is 2. The molecular formula is C3H10ClN3O2. The van der Waals surface area contributed by atoms with Crippen LogP contribution in [0.25, 0.3) is 0 Å². The summed E-state index contributed by atoms with van der Waals surface area (Å²) >= 11 is 0. The third kappa shape index (κ3) is 19.4. The Morgan fingerprint density at radius 3 is 1.33 bits per heavy atom. The summed E-state index contributed by atoms with van der Waals surface area (Å²) in [5.74, 6) is 0. The first kappa shape index (κ1) is 15.7. The van der Waals surface area contributed by atoms with Gasteiger partial charge in [-0.3, -0.25) is 5.32 Å². The predicted molar refractivity (Wildman–Crippen MR) is 36.3 cm³/mol. The molecule has 6 heteroatoms. The van der Waals surface area contributed by atoms with Crippen molar-refractivity contribution in [2.24, 2.45) is 11.5 Å². The van der Waals surface area contributed by atoms with Crippen LogP contribution in [-0.2, 0) is 0 Å². The third-order valence-electron chi connectivity index (χ3n) is 0.246. The number of hydrogen-bond acceptors (Lipinski definition) is 2. The van der Waals surface area contributed by atoms with Crippen molar-refractivity contribution in [3.8, 4) is 0 Å². The topological polar surface area (TPSA) is 98.2 Å². The molecule has 0 aliphatic rings. The highest BCUT2D eigenvalue weighted by molar-refractivity contribution is 5.91. The summed E-state index contributed by atoms with van der Waals surface area (Å²) in [6, 6.07) is -1.88. The minimum Gasteiger partial charge on any atom is -0.351 e. The smallest absolute Gasteiger partial charge is 0.320 e. The average molecular weight is 156 g/mol. The van der Waals surface area contributed by atoms with Crippen LogP contribution in [0.5, 0.6) is 0 Å². The number of nitrogens with one attached hydrogen (secondary N) is 1. The van der Waals surface area contributed by atoms with E-state index in [-0.39, 0.29) is 19.8 Å². The number of imide groups is 1. The number of primary amides is 2. The minimum atomic E-state index is -0.938. The molecule has 5 nitrogen and oxygen atoms in total. The average Bonchev–Trinajstić information content (AvgIpc) is 1.27. The maximum absolute atomic E-state index is 9.62. The number of carbonyl (C=O) groups is 2. The summed E-state index contributed by atoms with van der Waals surface area (Å²) in [5, 5.41) is 1.58. The fourth-order valence-electron chi connectivity index (χ4n) is 0.121. The molecule has 56 valence electrons. The van der Waals surface area contributed by atoms with Crippen molar-refractivity contribution < 1.29 is 9.59 Å². The van der Waals surface area contributed by atoms with Crippen molar-refractivity contribution in [3.05, 3.63) is 0 Å². The maximum atomic E-state index is 9.62. The predicted octanol–water partition coefficient (Wildman–Crippen LogP) is -0.209. The molecule has 0 aliphatic carbocycles. The van der Waals surface area contributed by atoms with Crippen LogP contribution in [0, 0.1) is 0 Å².